The Kier molecular flexibility index (Phi) is 5.36. The van der Waals surface area contributed by atoms with Crippen LogP contribution >= 0.6 is 0 Å². The number of carbonyl (C=O) groups is 1. The molecule has 7 nitrogen and oxygen atoms in total. The van der Waals surface area contributed by atoms with Crippen molar-refractivity contribution in [2.75, 3.05) is 44.3 Å². The van der Waals surface area contributed by atoms with Gasteiger partial charge in [0.25, 0.3) is 0 Å². The summed E-state index contributed by atoms with van der Waals surface area (Å²) in [5.74, 6) is 1.72. The fraction of sp³-hybridized carbons (Fsp3) is 0.435. The Hall–Kier alpha value is -2.93. The van der Waals surface area contributed by atoms with Gasteiger partial charge in [-0.15, -0.1) is 0 Å². The zero-order valence-electron chi connectivity index (χ0n) is 17.1. The van der Waals surface area contributed by atoms with Crippen LogP contribution in [0.1, 0.15) is 19.3 Å². The molecule has 0 bridgehead atoms. The average Bonchev–Trinajstić information content (AvgIpc) is 3.24. The molecule has 1 N–H and O–H groups in total. The third kappa shape index (κ3) is 3.89. The number of nitrogens with zero attached hydrogens (tertiary/aromatic N) is 4. The number of para-hydroxylation sites is 1. The van der Waals surface area contributed by atoms with Gasteiger partial charge in [0.2, 0.25) is 5.91 Å². The van der Waals surface area contributed by atoms with Crippen molar-refractivity contribution >= 4 is 22.6 Å². The lowest BCUT2D eigenvalue weighted by Crippen LogP contribution is -2.42. The van der Waals surface area contributed by atoms with Crippen LogP contribution in [0.25, 0.3) is 22.2 Å². The molecule has 5 rings (SSSR count). The van der Waals surface area contributed by atoms with Crippen molar-refractivity contribution in [2.45, 2.75) is 19.3 Å². The molecule has 2 saturated heterocycles. The van der Waals surface area contributed by atoms with Crippen LogP contribution in [-0.2, 0) is 9.53 Å². The molecule has 3 aromatic rings. The lowest BCUT2D eigenvalue weighted by Gasteiger charge is -2.34. The van der Waals surface area contributed by atoms with E-state index in [0.717, 1.165) is 67.0 Å². The summed E-state index contributed by atoms with van der Waals surface area (Å²) in [6.45, 7) is 4.65. The summed E-state index contributed by atoms with van der Waals surface area (Å²) in [5, 5.41) is 8.75. The number of nitrogens with one attached hydrogen (secondary N) is 1. The van der Waals surface area contributed by atoms with Gasteiger partial charge >= 0.3 is 0 Å². The van der Waals surface area contributed by atoms with Crippen LogP contribution in [-0.4, -0.2) is 65.4 Å². The van der Waals surface area contributed by atoms with Crippen molar-refractivity contribution in [1.29, 1.82) is 0 Å². The van der Waals surface area contributed by atoms with E-state index in [9.17, 15) is 4.79 Å². The first-order chi connectivity index (χ1) is 14.8. The Balaban J connectivity index is 1.23. The lowest BCUT2D eigenvalue weighted by molar-refractivity contribution is -0.136. The molecule has 1 amide bonds. The largest absolute Gasteiger partial charge is 0.378 e. The highest BCUT2D eigenvalue weighted by Gasteiger charge is 2.25. The molecule has 0 aliphatic carbocycles. The Morgan fingerprint density at radius 3 is 2.73 bits per heavy atom. The standard InChI is InChI=1S/C23H27N5O2/c29-22(28-11-13-30-14-12-28)15-17-6-9-27(10-7-17)21-16-18(5-8-24-21)23-19-3-1-2-4-20(19)25-26-23/h1-5,8,16-17H,6-7,9-15H2,(H,25,26). The first-order valence-electron chi connectivity index (χ1n) is 10.8. The van der Waals surface area contributed by atoms with Gasteiger partial charge in [-0.25, -0.2) is 4.98 Å². The van der Waals surface area contributed by atoms with E-state index in [-0.39, 0.29) is 5.91 Å². The minimum atomic E-state index is 0.280. The number of ether oxygens (including phenoxy) is 1. The van der Waals surface area contributed by atoms with Crippen molar-refractivity contribution in [3.63, 3.8) is 0 Å². The second-order valence-electron chi connectivity index (χ2n) is 8.15. The lowest BCUT2D eigenvalue weighted by atomic mass is 9.93. The van der Waals surface area contributed by atoms with Crippen molar-refractivity contribution in [2.24, 2.45) is 5.92 Å². The summed E-state index contributed by atoms with van der Waals surface area (Å²) in [4.78, 5) is 21.4. The van der Waals surface area contributed by atoms with Gasteiger partial charge in [0.1, 0.15) is 11.5 Å². The summed E-state index contributed by atoms with van der Waals surface area (Å²) < 4.78 is 5.35. The number of H-pyrrole nitrogens is 1. The quantitative estimate of drug-likeness (QED) is 0.722. The third-order valence-corrected chi connectivity index (χ3v) is 6.25. The molecular weight excluding hydrogens is 378 g/mol. The first kappa shape index (κ1) is 19.1. The molecule has 0 radical (unpaired) electrons. The van der Waals surface area contributed by atoms with E-state index in [2.05, 4.69) is 32.2 Å². The van der Waals surface area contributed by atoms with Gasteiger partial charge in [0.05, 0.1) is 18.7 Å². The number of piperidine rings is 1. The maximum atomic E-state index is 12.5. The number of anilines is 1. The number of aromatic nitrogens is 3. The summed E-state index contributed by atoms with van der Waals surface area (Å²) in [5.41, 5.74) is 3.07. The maximum Gasteiger partial charge on any atom is 0.223 e. The maximum absolute atomic E-state index is 12.5. The van der Waals surface area contributed by atoms with E-state index in [1.807, 2.05) is 35.4 Å². The normalized spacial score (nSPS) is 18.1. The summed E-state index contributed by atoms with van der Waals surface area (Å²) in [6, 6.07) is 12.3. The third-order valence-electron chi connectivity index (χ3n) is 6.25. The number of morpholine rings is 1. The van der Waals surface area contributed by atoms with Gasteiger partial charge in [-0.1, -0.05) is 18.2 Å². The van der Waals surface area contributed by atoms with Gasteiger partial charge < -0.3 is 14.5 Å². The second-order valence-corrected chi connectivity index (χ2v) is 8.15. The molecule has 156 valence electrons. The van der Waals surface area contributed by atoms with Crippen LogP contribution in [0.15, 0.2) is 42.6 Å². The molecule has 0 saturated carbocycles. The highest BCUT2D eigenvalue weighted by molar-refractivity contribution is 5.93. The van der Waals surface area contributed by atoms with E-state index in [4.69, 9.17) is 4.74 Å². The number of fused-ring (bicyclic) bond motifs is 1. The zero-order chi connectivity index (χ0) is 20.3. The number of carbonyl (C=O) groups excluding carboxylic acids is 1. The summed E-state index contributed by atoms with van der Waals surface area (Å²) in [7, 11) is 0. The molecular formula is C23H27N5O2. The molecule has 2 aliphatic heterocycles. The zero-order valence-corrected chi connectivity index (χ0v) is 17.1. The second kappa shape index (κ2) is 8.44. The van der Waals surface area contributed by atoms with Gasteiger partial charge in [-0.05, 0) is 37.0 Å². The summed E-state index contributed by atoms with van der Waals surface area (Å²) in [6.07, 6.45) is 4.56. The van der Waals surface area contributed by atoms with Crippen molar-refractivity contribution in [3.8, 4) is 11.3 Å². The van der Waals surface area contributed by atoms with Crippen molar-refractivity contribution < 1.29 is 9.53 Å². The topological polar surface area (TPSA) is 74.4 Å². The molecule has 1 aromatic carbocycles. The van der Waals surface area contributed by atoms with Crippen LogP contribution in [0.4, 0.5) is 5.82 Å². The number of hydrogen-bond acceptors (Lipinski definition) is 5. The van der Waals surface area contributed by atoms with E-state index >= 15 is 0 Å². The minimum absolute atomic E-state index is 0.280. The number of aromatic amines is 1. The van der Waals surface area contributed by atoms with E-state index in [1.54, 1.807) is 0 Å². The van der Waals surface area contributed by atoms with Gasteiger partial charge in [-0.2, -0.15) is 5.10 Å². The minimum Gasteiger partial charge on any atom is -0.378 e. The Morgan fingerprint density at radius 2 is 1.90 bits per heavy atom. The molecule has 0 atom stereocenters. The Labute approximate surface area is 176 Å². The Bertz CT molecular complexity index is 1020. The number of hydrogen-bond donors (Lipinski definition) is 1. The number of amides is 1. The van der Waals surface area contributed by atoms with Crippen LogP contribution in [0.2, 0.25) is 0 Å². The monoisotopic (exact) mass is 405 g/mol. The number of rotatable bonds is 4. The Morgan fingerprint density at radius 1 is 1.10 bits per heavy atom. The van der Waals surface area contributed by atoms with Crippen LogP contribution in [0.5, 0.6) is 0 Å². The van der Waals surface area contributed by atoms with Crippen LogP contribution in [0.3, 0.4) is 0 Å². The average molecular weight is 406 g/mol. The van der Waals surface area contributed by atoms with Crippen molar-refractivity contribution in [3.05, 3.63) is 42.6 Å². The van der Waals surface area contributed by atoms with Gasteiger partial charge in [-0.3, -0.25) is 9.89 Å². The van der Waals surface area contributed by atoms with Gasteiger partial charge in [0, 0.05) is 49.7 Å². The SMILES string of the molecule is O=C(CC1CCN(c2cc(-c3n[nH]c4ccccc34)ccn2)CC1)N1CCOCC1. The van der Waals surface area contributed by atoms with E-state index < -0.39 is 0 Å². The van der Waals surface area contributed by atoms with Crippen LogP contribution in [0, 0.1) is 5.92 Å². The smallest absolute Gasteiger partial charge is 0.223 e. The molecule has 0 unspecified atom stereocenters. The number of pyridine rings is 1. The molecule has 7 heteroatoms. The van der Waals surface area contributed by atoms with E-state index in [1.165, 1.54) is 0 Å². The molecule has 30 heavy (non-hydrogen) atoms. The fourth-order valence-electron chi connectivity index (χ4n) is 4.48. The first-order valence-corrected chi connectivity index (χ1v) is 10.8. The fourth-order valence-corrected chi connectivity index (χ4v) is 4.48. The predicted octanol–water partition coefficient (Wildman–Crippen LogP) is 3.09. The van der Waals surface area contributed by atoms with Crippen molar-refractivity contribution in [1.82, 2.24) is 20.1 Å². The summed E-state index contributed by atoms with van der Waals surface area (Å²) >= 11 is 0. The molecule has 2 aromatic heterocycles. The van der Waals surface area contributed by atoms with E-state index in [0.29, 0.717) is 25.6 Å². The predicted molar refractivity (Wildman–Crippen MR) is 116 cm³/mol. The molecule has 2 aliphatic rings. The highest BCUT2D eigenvalue weighted by atomic mass is 16.5. The molecule has 2 fully saturated rings. The molecule has 4 heterocycles. The molecule has 0 spiro atoms. The highest BCUT2D eigenvalue weighted by Crippen LogP contribution is 2.30. The van der Waals surface area contributed by atoms with Crippen LogP contribution < -0.4 is 4.90 Å². The number of benzene rings is 1. The van der Waals surface area contributed by atoms with Gasteiger partial charge in [0.15, 0.2) is 0 Å².